The Kier molecular flexibility index (Phi) is 5.42. The first-order chi connectivity index (χ1) is 12.6. The van der Waals surface area contributed by atoms with E-state index < -0.39 is 0 Å². The van der Waals surface area contributed by atoms with E-state index in [1.54, 1.807) is 31.4 Å². The van der Waals surface area contributed by atoms with E-state index in [1.165, 1.54) is 0 Å². The number of ether oxygens (including phenoxy) is 1. The minimum atomic E-state index is -0.342. The van der Waals surface area contributed by atoms with E-state index in [0.717, 1.165) is 24.6 Å². The summed E-state index contributed by atoms with van der Waals surface area (Å²) in [7, 11) is 1.58. The average molecular weight is 355 g/mol. The van der Waals surface area contributed by atoms with Gasteiger partial charge in [0, 0.05) is 11.4 Å². The summed E-state index contributed by atoms with van der Waals surface area (Å²) in [5.41, 5.74) is 0.600. The normalized spacial score (nSPS) is 19.5. The Labute approximate surface area is 151 Å². The van der Waals surface area contributed by atoms with Crippen molar-refractivity contribution in [2.24, 2.45) is 5.92 Å². The summed E-state index contributed by atoms with van der Waals surface area (Å²) in [4.78, 5) is 24.8. The van der Waals surface area contributed by atoms with Crippen molar-refractivity contribution in [2.45, 2.75) is 31.7 Å². The van der Waals surface area contributed by atoms with Crippen LogP contribution >= 0.6 is 0 Å². The van der Waals surface area contributed by atoms with Crippen molar-refractivity contribution in [3.8, 4) is 11.8 Å². The fraction of sp³-hybridized carbons (Fsp3) is 0.421. The van der Waals surface area contributed by atoms with E-state index in [-0.39, 0.29) is 36.1 Å². The van der Waals surface area contributed by atoms with Crippen LogP contribution in [0.5, 0.6) is 5.75 Å². The predicted octanol–water partition coefficient (Wildman–Crippen LogP) is 2.37. The minimum Gasteiger partial charge on any atom is -0.497 e. The highest BCUT2D eigenvalue weighted by Gasteiger charge is 2.32. The molecule has 136 valence electrons. The largest absolute Gasteiger partial charge is 0.497 e. The minimum absolute atomic E-state index is 0.0264. The lowest BCUT2D eigenvalue weighted by Crippen LogP contribution is -2.48. The van der Waals surface area contributed by atoms with Crippen LogP contribution in [0, 0.1) is 17.2 Å². The standard InChI is InChI=1S/C19H21N3O4/c1-25-13-6-7-16-12(10-13)11-17(26-16)19(24)22-15-5-3-2-4-14(15)18(23)21-9-8-20/h6-7,10-11,14-15H,2-5,9H2,1H3,(H,21,23)(H,22,24)/t14-,15-/m0/s1. The molecule has 1 aromatic carbocycles. The number of amides is 2. The van der Waals surface area contributed by atoms with E-state index in [0.29, 0.717) is 17.8 Å². The fourth-order valence-corrected chi connectivity index (χ4v) is 3.38. The van der Waals surface area contributed by atoms with E-state index in [2.05, 4.69) is 10.6 Å². The summed E-state index contributed by atoms with van der Waals surface area (Å²) in [6, 6.07) is 8.62. The molecule has 1 fully saturated rings. The molecule has 0 unspecified atom stereocenters. The number of benzene rings is 1. The smallest absolute Gasteiger partial charge is 0.287 e. The van der Waals surface area contributed by atoms with Crippen molar-refractivity contribution in [1.82, 2.24) is 10.6 Å². The second-order valence-corrected chi connectivity index (χ2v) is 6.36. The van der Waals surface area contributed by atoms with Crippen LogP contribution < -0.4 is 15.4 Å². The number of hydrogen-bond donors (Lipinski definition) is 2. The van der Waals surface area contributed by atoms with Crippen molar-refractivity contribution in [3.63, 3.8) is 0 Å². The van der Waals surface area contributed by atoms with E-state index >= 15 is 0 Å². The average Bonchev–Trinajstić information content (AvgIpc) is 3.09. The number of carbonyl (C=O) groups is 2. The molecule has 0 radical (unpaired) electrons. The van der Waals surface area contributed by atoms with Gasteiger partial charge in [-0.1, -0.05) is 12.8 Å². The van der Waals surface area contributed by atoms with Gasteiger partial charge in [-0.2, -0.15) is 5.26 Å². The molecule has 26 heavy (non-hydrogen) atoms. The highest BCUT2D eigenvalue weighted by Crippen LogP contribution is 2.27. The lowest BCUT2D eigenvalue weighted by Gasteiger charge is -2.30. The van der Waals surface area contributed by atoms with Crippen LogP contribution in [0.4, 0.5) is 0 Å². The molecule has 1 aliphatic rings. The molecule has 1 saturated carbocycles. The lowest BCUT2D eigenvalue weighted by atomic mass is 9.83. The highest BCUT2D eigenvalue weighted by molar-refractivity contribution is 5.96. The molecule has 3 rings (SSSR count). The van der Waals surface area contributed by atoms with Gasteiger partial charge in [0.15, 0.2) is 5.76 Å². The first-order valence-corrected chi connectivity index (χ1v) is 8.65. The Balaban J connectivity index is 1.73. The molecule has 2 atom stereocenters. The zero-order chi connectivity index (χ0) is 18.5. The van der Waals surface area contributed by atoms with Gasteiger partial charge in [0.1, 0.15) is 17.9 Å². The number of carbonyl (C=O) groups excluding carboxylic acids is 2. The molecular formula is C19H21N3O4. The fourth-order valence-electron chi connectivity index (χ4n) is 3.38. The maximum absolute atomic E-state index is 12.6. The van der Waals surface area contributed by atoms with Gasteiger partial charge in [0.05, 0.1) is 19.1 Å². The molecule has 0 saturated heterocycles. The maximum atomic E-state index is 12.6. The summed E-state index contributed by atoms with van der Waals surface area (Å²) in [5, 5.41) is 14.9. The Bertz CT molecular complexity index is 852. The summed E-state index contributed by atoms with van der Waals surface area (Å²) in [6.45, 7) is -0.0264. The van der Waals surface area contributed by atoms with Crippen LogP contribution in [0.3, 0.4) is 0 Å². The van der Waals surface area contributed by atoms with Gasteiger partial charge in [-0.3, -0.25) is 9.59 Å². The number of nitrogens with one attached hydrogen (secondary N) is 2. The quantitative estimate of drug-likeness (QED) is 0.801. The lowest BCUT2D eigenvalue weighted by molar-refractivity contribution is -0.126. The van der Waals surface area contributed by atoms with Gasteiger partial charge >= 0.3 is 0 Å². The Morgan fingerprint density at radius 2 is 2.12 bits per heavy atom. The van der Waals surface area contributed by atoms with Crippen LogP contribution in [-0.2, 0) is 4.79 Å². The Morgan fingerprint density at radius 3 is 2.88 bits per heavy atom. The summed E-state index contributed by atoms with van der Waals surface area (Å²) in [5.74, 6) is 0.0309. The van der Waals surface area contributed by atoms with E-state index in [4.69, 9.17) is 14.4 Å². The first kappa shape index (κ1) is 17.8. The van der Waals surface area contributed by atoms with Crippen LogP contribution in [0.1, 0.15) is 36.2 Å². The van der Waals surface area contributed by atoms with Crippen molar-refractivity contribution < 1.29 is 18.7 Å². The number of furan rings is 1. The number of methoxy groups -OCH3 is 1. The molecule has 7 heteroatoms. The molecule has 2 N–H and O–H groups in total. The maximum Gasteiger partial charge on any atom is 0.287 e. The number of rotatable bonds is 5. The molecule has 1 heterocycles. The first-order valence-electron chi connectivity index (χ1n) is 8.65. The van der Waals surface area contributed by atoms with E-state index in [9.17, 15) is 9.59 Å². The zero-order valence-corrected chi connectivity index (χ0v) is 14.6. The number of nitriles is 1. The van der Waals surface area contributed by atoms with Crippen molar-refractivity contribution in [1.29, 1.82) is 5.26 Å². The topological polar surface area (TPSA) is 104 Å². The van der Waals surface area contributed by atoms with Gasteiger partial charge in [-0.05, 0) is 37.1 Å². The molecule has 2 aromatic rings. The van der Waals surface area contributed by atoms with Gasteiger partial charge in [0.2, 0.25) is 5.91 Å². The molecule has 1 aliphatic carbocycles. The predicted molar refractivity (Wildman–Crippen MR) is 94.6 cm³/mol. The summed E-state index contributed by atoms with van der Waals surface area (Å²) < 4.78 is 10.8. The molecule has 0 bridgehead atoms. The third kappa shape index (κ3) is 3.80. The summed E-state index contributed by atoms with van der Waals surface area (Å²) in [6.07, 6.45) is 3.30. The van der Waals surface area contributed by atoms with Crippen molar-refractivity contribution in [2.75, 3.05) is 13.7 Å². The summed E-state index contributed by atoms with van der Waals surface area (Å²) >= 11 is 0. The zero-order valence-electron chi connectivity index (χ0n) is 14.6. The van der Waals surface area contributed by atoms with Gasteiger partial charge in [-0.25, -0.2) is 0 Å². The number of fused-ring (bicyclic) bond motifs is 1. The second-order valence-electron chi connectivity index (χ2n) is 6.36. The van der Waals surface area contributed by atoms with Crippen molar-refractivity contribution in [3.05, 3.63) is 30.0 Å². The van der Waals surface area contributed by atoms with Gasteiger partial charge in [-0.15, -0.1) is 0 Å². The third-order valence-electron chi connectivity index (χ3n) is 4.71. The third-order valence-corrected chi connectivity index (χ3v) is 4.71. The molecule has 0 spiro atoms. The van der Waals surface area contributed by atoms with Gasteiger partial charge in [0.25, 0.3) is 5.91 Å². The molecular weight excluding hydrogens is 334 g/mol. The van der Waals surface area contributed by atoms with Crippen LogP contribution in [-0.4, -0.2) is 31.5 Å². The highest BCUT2D eigenvalue weighted by atomic mass is 16.5. The van der Waals surface area contributed by atoms with Crippen LogP contribution in [0.2, 0.25) is 0 Å². The Hall–Kier alpha value is -3.01. The molecule has 2 amide bonds. The number of nitrogens with zero attached hydrogens (tertiary/aromatic N) is 1. The van der Waals surface area contributed by atoms with Crippen molar-refractivity contribution >= 4 is 22.8 Å². The monoisotopic (exact) mass is 355 g/mol. The van der Waals surface area contributed by atoms with Crippen LogP contribution in [0.15, 0.2) is 28.7 Å². The number of hydrogen-bond acceptors (Lipinski definition) is 5. The molecule has 0 aliphatic heterocycles. The molecule has 7 nitrogen and oxygen atoms in total. The Morgan fingerprint density at radius 1 is 1.31 bits per heavy atom. The van der Waals surface area contributed by atoms with Gasteiger partial charge < -0.3 is 19.8 Å². The SMILES string of the molecule is COc1ccc2oc(C(=O)N[C@H]3CCCC[C@@H]3C(=O)NCC#N)cc2c1. The second kappa shape index (κ2) is 7.91. The van der Waals surface area contributed by atoms with E-state index in [1.807, 2.05) is 6.07 Å². The van der Waals surface area contributed by atoms with Crippen LogP contribution in [0.25, 0.3) is 11.0 Å². The molecule has 1 aromatic heterocycles.